The molecule has 5 nitrogen and oxygen atoms in total. The number of benzene rings is 2. The first kappa shape index (κ1) is 19.4. The van der Waals surface area contributed by atoms with Crippen LogP contribution in [-0.2, 0) is 19.6 Å². The number of ether oxygens (including phenoxy) is 1. The highest BCUT2D eigenvalue weighted by molar-refractivity contribution is 9.10. The van der Waals surface area contributed by atoms with Gasteiger partial charge in [0.25, 0.3) is 0 Å². The molecule has 0 heterocycles. The van der Waals surface area contributed by atoms with E-state index in [-0.39, 0.29) is 11.3 Å². The van der Waals surface area contributed by atoms with Crippen LogP contribution in [0.3, 0.4) is 0 Å². The first-order valence-electron chi connectivity index (χ1n) is 7.44. The van der Waals surface area contributed by atoms with Crippen LogP contribution in [0, 0.1) is 0 Å². The summed E-state index contributed by atoms with van der Waals surface area (Å²) in [5.74, 6) is -0.657. The molecule has 0 aliphatic heterocycles. The third-order valence-corrected chi connectivity index (χ3v) is 5.54. The van der Waals surface area contributed by atoms with E-state index in [2.05, 4.69) is 32.0 Å². The van der Waals surface area contributed by atoms with Crippen LogP contribution in [0.4, 0.5) is 0 Å². The van der Waals surface area contributed by atoms with Gasteiger partial charge < -0.3 is 4.74 Å². The molecule has 2 aromatic rings. The summed E-state index contributed by atoms with van der Waals surface area (Å²) < 4.78 is 32.9. The van der Waals surface area contributed by atoms with Gasteiger partial charge in [-0.2, -0.15) is 4.72 Å². The number of hydrogen-bond donors (Lipinski definition) is 1. The van der Waals surface area contributed by atoms with Gasteiger partial charge >= 0.3 is 5.97 Å². The van der Waals surface area contributed by atoms with Crippen LogP contribution in [0.2, 0.25) is 0 Å². The maximum Gasteiger partial charge on any atom is 0.324 e. The first-order chi connectivity index (χ1) is 11.9. The van der Waals surface area contributed by atoms with Gasteiger partial charge in [0, 0.05) is 4.47 Å². The largest absolute Gasteiger partial charge is 0.468 e. The lowest BCUT2D eigenvalue weighted by Gasteiger charge is -2.15. The fourth-order valence-electron chi connectivity index (χ4n) is 2.23. The normalized spacial score (nSPS) is 12.4. The molecule has 0 saturated carbocycles. The monoisotopic (exact) mass is 423 g/mol. The Hall–Kier alpha value is -1.96. The molecule has 0 fully saturated rings. The highest BCUT2D eigenvalue weighted by atomic mass is 79.9. The van der Waals surface area contributed by atoms with Crippen LogP contribution in [0.1, 0.15) is 6.42 Å². The van der Waals surface area contributed by atoms with Crippen molar-refractivity contribution >= 4 is 31.9 Å². The number of nitrogens with one attached hydrogen (secondary N) is 1. The van der Waals surface area contributed by atoms with Gasteiger partial charge in [0.15, 0.2) is 0 Å². The molecule has 0 saturated heterocycles. The minimum atomic E-state index is -3.85. The van der Waals surface area contributed by atoms with Crippen LogP contribution >= 0.6 is 15.9 Å². The third-order valence-electron chi connectivity index (χ3n) is 3.53. The van der Waals surface area contributed by atoms with Crippen molar-refractivity contribution in [2.75, 3.05) is 7.11 Å². The zero-order valence-electron chi connectivity index (χ0n) is 13.6. The number of carbonyl (C=O) groups excluding carboxylic acids is 1. The van der Waals surface area contributed by atoms with E-state index in [0.717, 1.165) is 15.6 Å². The molecule has 132 valence electrons. The fourth-order valence-corrected chi connectivity index (χ4v) is 3.69. The molecule has 1 unspecified atom stereocenters. The molecule has 0 spiro atoms. The Balaban J connectivity index is 2.23. The summed E-state index contributed by atoms with van der Waals surface area (Å²) in [6, 6.07) is 13.1. The molecule has 0 radical (unpaired) electrons. The van der Waals surface area contributed by atoms with Gasteiger partial charge in [0.1, 0.15) is 6.04 Å². The maximum absolute atomic E-state index is 12.5. The summed E-state index contributed by atoms with van der Waals surface area (Å²) in [4.78, 5) is 11.8. The zero-order valence-corrected chi connectivity index (χ0v) is 16.0. The summed E-state index contributed by atoms with van der Waals surface area (Å²) in [6.45, 7) is 3.53. The fraction of sp³-hybridized carbons (Fsp3) is 0.167. The van der Waals surface area contributed by atoms with Crippen LogP contribution in [0.5, 0.6) is 0 Å². The average molecular weight is 424 g/mol. The second-order valence-corrected chi connectivity index (χ2v) is 7.88. The van der Waals surface area contributed by atoms with E-state index in [1.165, 1.54) is 25.3 Å². The van der Waals surface area contributed by atoms with E-state index in [0.29, 0.717) is 0 Å². The third kappa shape index (κ3) is 5.01. The van der Waals surface area contributed by atoms with Crippen molar-refractivity contribution in [3.63, 3.8) is 0 Å². The predicted molar refractivity (Wildman–Crippen MR) is 101 cm³/mol. The Labute approximate surface area is 155 Å². The van der Waals surface area contributed by atoms with Crippen molar-refractivity contribution < 1.29 is 17.9 Å². The number of esters is 1. The molecule has 0 aliphatic carbocycles. The van der Waals surface area contributed by atoms with E-state index in [1.54, 1.807) is 12.1 Å². The number of methoxy groups -OCH3 is 1. The summed E-state index contributed by atoms with van der Waals surface area (Å²) in [7, 11) is -2.64. The number of halogens is 1. The molecule has 2 rings (SSSR count). The van der Waals surface area contributed by atoms with Crippen molar-refractivity contribution in [2.24, 2.45) is 0 Å². The highest BCUT2D eigenvalue weighted by Gasteiger charge is 2.25. The van der Waals surface area contributed by atoms with Gasteiger partial charge in [0.05, 0.1) is 12.0 Å². The highest BCUT2D eigenvalue weighted by Crippen LogP contribution is 2.23. The average Bonchev–Trinajstić information content (AvgIpc) is 2.61. The Bertz CT molecular complexity index is 846. The maximum atomic E-state index is 12.5. The lowest BCUT2D eigenvalue weighted by Crippen LogP contribution is -2.41. The molecule has 1 atom stereocenters. The van der Waals surface area contributed by atoms with Crippen molar-refractivity contribution in [1.82, 2.24) is 4.72 Å². The van der Waals surface area contributed by atoms with Gasteiger partial charge in [0.2, 0.25) is 10.0 Å². The smallest absolute Gasteiger partial charge is 0.324 e. The Morgan fingerprint density at radius 3 is 2.16 bits per heavy atom. The Morgan fingerprint density at radius 1 is 1.16 bits per heavy atom. The van der Waals surface area contributed by atoms with Gasteiger partial charge in [-0.25, -0.2) is 8.42 Å². The van der Waals surface area contributed by atoms with E-state index >= 15 is 0 Å². The van der Waals surface area contributed by atoms with E-state index in [1.807, 2.05) is 24.3 Å². The summed E-state index contributed by atoms with van der Waals surface area (Å²) in [5.41, 5.74) is 1.86. The second kappa shape index (κ2) is 8.42. The summed E-state index contributed by atoms with van der Waals surface area (Å²) >= 11 is 3.38. The van der Waals surface area contributed by atoms with Crippen LogP contribution in [0.25, 0.3) is 11.1 Å². The molecule has 0 amide bonds. The Kier molecular flexibility index (Phi) is 6.52. The summed E-state index contributed by atoms with van der Waals surface area (Å²) in [5, 5.41) is 0. The lowest BCUT2D eigenvalue weighted by molar-refractivity contribution is -0.142. The first-order valence-corrected chi connectivity index (χ1v) is 9.72. The van der Waals surface area contributed by atoms with Gasteiger partial charge in [-0.3, -0.25) is 4.79 Å². The van der Waals surface area contributed by atoms with E-state index < -0.39 is 22.0 Å². The van der Waals surface area contributed by atoms with Crippen LogP contribution in [-0.4, -0.2) is 27.5 Å². The SMILES string of the molecule is C=CCC(NS(=O)(=O)c1ccc(-c2ccc(Br)cc2)cc1)C(=O)OC. The predicted octanol–water partition coefficient (Wildman–Crippen LogP) is 3.51. The van der Waals surface area contributed by atoms with Crippen LogP contribution < -0.4 is 4.72 Å². The number of sulfonamides is 1. The van der Waals surface area contributed by atoms with Gasteiger partial charge in [-0.15, -0.1) is 6.58 Å². The quantitative estimate of drug-likeness (QED) is 0.546. The van der Waals surface area contributed by atoms with Crippen molar-refractivity contribution in [1.29, 1.82) is 0 Å². The number of rotatable bonds is 7. The minimum Gasteiger partial charge on any atom is -0.468 e. The van der Waals surface area contributed by atoms with Gasteiger partial charge in [-0.05, 0) is 41.8 Å². The molecule has 2 aromatic carbocycles. The standard InChI is InChI=1S/C18H18BrNO4S/c1-3-4-17(18(21)24-2)20-25(22,23)16-11-7-14(8-12-16)13-5-9-15(19)10-6-13/h3,5-12,17,20H,1,4H2,2H3. The summed E-state index contributed by atoms with van der Waals surface area (Å²) in [6.07, 6.45) is 1.60. The van der Waals surface area contributed by atoms with Crippen LogP contribution in [0.15, 0.2) is 70.6 Å². The molecule has 25 heavy (non-hydrogen) atoms. The molecule has 0 aromatic heterocycles. The van der Waals surface area contributed by atoms with Crippen molar-refractivity contribution in [2.45, 2.75) is 17.4 Å². The van der Waals surface area contributed by atoms with Crippen molar-refractivity contribution in [3.05, 3.63) is 65.7 Å². The van der Waals surface area contributed by atoms with Crippen molar-refractivity contribution in [3.8, 4) is 11.1 Å². The topological polar surface area (TPSA) is 72.5 Å². The zero-order chi connectivity index (χ0) is 18.4. The molecule has 0 bridgehead atoms. The van der Waals surface area contributed by atoms with Gasteiger partial charge in [-0.1, -0.05) is 46.3 Å². The molecule has 0 aliphatic rings. The molecular formula is C18H18BrNO4S. The molecular weight excluding hydrogens is 406 g/mol. The minimum absolute atomic E-state index is 0.0753. The molecule has 7 heteroatoms. The number of carbonyl (C=O) groups is 1. The van der Waals surface area contributed by atoms with E-state index in [9.17, 15) is 13.2 Å². The second-order valence-electron chi connectivity index (χ2n) is 5.25. The number of hydrogen-bond acceptors (Lipinski definition) is 4. The lowest BCUT2D eigenvalue weighted by atomic mass is 10.1. The Morgan fingerprint density at radius 2 is 1.68 bits per heavy atom. The molecule has 1 N–H and O–H groups in total. The van der Waals surface area contributed by atoms with E-state index in [4.69, 9.17) is 0 Å².